The number of rotatable bonds is 6. The minimum absolute atomic E-state index is 0.254. The van der Waals surface area contributed by atoms with Gasteiger partial charge in [-0.1, -0.05) is 42.5 Å². The summed E-state index contributed by atoms with van der Waals surface area (Å²) in [4.78, 5) is 0. The number of hydrogen-bond acceptors (Lipinski definition) is 2. The summed E-state index contributed by atoms with van der Waals surface area (Å²) in [7, 11) is 0. The van der Waals surface area contributed by atoms with Crippen molar-refractivity contribution in [2.24, 2.45) is 0 Å². The van der Waals surface area contributed by atoms with Gasteiger partial charge in [0.1, 0.15) is 5.75 Å². The van der Waals surface area contributed by atoms with Crippen molar-refractivity contribution in [2.45, 2.75) is 38.2 Å². The predicted molar refractivity (Wildman–Crippen MR) is 81.9 cm³/mol. The first-order valence-electron chi connectivity index (χ1n) is 7.19. The fourth-order valence-corrected chi connectivity index (χ4v) is 2.57. The van der Waals surface area contributed by atoms with E-state index < -0.39 is 0 Å². The summed E-state index contributed by atoms with van der Waals surface area (Å²) in [5.74, 6) is 0.570. The summed E-state index contributed by atoms with van der Waals surface area (Å²) in [6, 6.07) is 17.8. The fraction of sp³-hybridized carbons (Fsp3) is 0.333. The van der Waals surface area contributed by atoms with E-state index in [1.54, 1.807) is 6.07 Å². The Morgan fingerprint density at radius 3 is 2.25 bits per heavy atom. The molecule has 0 saturated heterocycles. The quantitative estimate of drug-likeness (QED) is 0.830. The summed E-state index contributed by atoms with van der Waals surface area (Å²) in [5, 5.41) is 19.1. The van der Waals surface area contributed by atoms with Gasteiger partial charge in [-0.3, -0.25) is 0 Å². The minimum Gasteiger partial charge on any atom is -0.508 e. The van der Waals surface area contributed by atoms with Crippen LogP contribution < -0.4 is 0 Å². The van der Waals surface area contributed by atoms with E-state index in [0.717, 1.165) is 24.8 Å². The number of hydrogen-bond donors (Lipinski definition) is 2. The van der Waals surface area contributed by atoms with Crippen molar-refractivity contribution in [3.05, 3.63) is 65.7 Å². The third kappa shape index (κ3) is 4.10. The van der Waals surface area contributed by atoms with Gasteiger partial charge in [0.2, 0.25) is 0 Å². The molecule has 2 N–H and O–H groups in total. The van der Waals surface area contributed by atoms with Crippen LogP contribution in [0, 0.1) is 0 Å². The summed E-state index contributed by atoms with van der Waals surface area (Å²) >= 11 is 0. The molecule has 2 heteroatoms. The minimum atomic E-state index is -0.254. The molecule has 2 nitrogen and oxygen atoms in total. The standard InChI is InChI=1S/C18H22O2/c1-14(19)7-5-12-18(15-8-3-2-4-9-15)16-10-6-11-17(20)13-16/h2-4,6,8-11,13-14,18-20H,5,7,12H2,1H3. The average Bonchev–Trinajstić information content (AvgIpc) is 2.44. The SMILES string of the molecule is CC(O)CCCC(c1ccccc1)c1cccc(O)c1. The molecule has 2 aromatic rings. The number of phenolic OH excluding ortho intramolecular Hbond substituents is 1. The molecule has 0 aliphatic rings. The first kappa shape index (κ1) is 14.6. The molecule has 106 valence electrons. The van der Waals surface area contributed by atoms with Crippen molar-refractivity contribution in [1.82, 2.24) is 0 Å². The molecule has 2 atom stereocenters. The second-order valence-electron chi connectivity index (χ2n) is 5.34. The highest BCUT2D eigenvalue weighted by Gasteiger charge is 2.14. The largest absolute Gasteiger partial charge is 0.508 e. The summed E-state index contributed by atoms with van der Waals surface area (Å²) in [6.07, 6.45) is 2.49. The molecular formula is C18H22O2. The molecule has 0 amide bonds. The topological polar surface area (TPSA) is 40.5 Å². The van der Waals surface area contributed by atoms with Gasteiger partial charge in [0.25, 0.3) is 0 Å². The van der Waals surface area contributed by atoms with E-state index in [9.17, 15) is 10.2 Å². The van der Waals surface area contributed by atoms with E-state index in [-0.39, 0.29) is 12.0 Å². The van der Waals surface area contributed by atoms with Gasteiger partial charge in [-0.05, 0) is 49.4 Å². The maximum Gasteiger partial charge on any atom is 0.115 e. The lowest BCUT2D eigenvalue weighted by molar-refractivity contribution is 0.180. The van der Waals surface area contributed by atoms with E-state index in [1.165, 1.54) is 5.56 Å². The smallest absolute Gasteiger partial charge is 0.115 e. The van der Waals surface area contributed by atoms with E-state index >= 15 is 0 Å². The van der Waals surface area contributed by atoms with Crippen LogP contribution in [0.3, 0.4) is 0 Å². The Bertz CT molecular complexity index is 520. The second-order valence-corrected chi connectivity index (χ2v) is 5.34. The molecule has 0 fully saturated rings. The molecule has 0 saturated carbocycles. The highest BCUT2D eigenvalue weighted by Crippen LogP contribution is 2.31. The number of aliphatic hydroxyl groups is 1. The number of aromatic hydroxyl groups is 1. The number of phenols is 1. The van der Waals surface area contributed by atoms with Crippen molar-refractivity contribution < 1.29 is 10.2 Å². The molecule has 0 heterocycles. The molecule has 2 rings (SSSR count). The van der Waals surface area contributed by atoms with Gasteiger partial charge in [0.05, 0.1) is 6.10 Å². The van der Waals surface area contributed by atoms with Crippen LogP contribution in [0.1, 0.15) is 43.2 Å². The molecule has 2 aromatic carbocycles. The van der Waals surface area contributed by atoms with Crippen LogP contribution in [0.2, 0.25) is 0 Å². The maximum absolute atomic E-state index is 9.68. The van der Waals surface area contributed by atoms with Crippen molar-refractivity contribution in [2.75, 3.05) is 0 Å². The highest BCUT2D eigenvalue weighted by atomic mass is 16.3. The molecule has 20 heavy (non-hydrogen) atoms. The Kier molecular flexibility index (Phi) is 5.19. The molecule has 2 unspecified atom stereocenters. The lowest BCUT2D eigenvalue weighted by Crippen LogP contribution is -2.04. The van der Waals surface area contributed by atoms with Crippen LogP contribution in [0.15, 0.2) is 54.6 Å². The first-order chi connectivity index (χ1) is 9.66. The van der Waals surface area contributed by atoms with Crippen LogP contribution in [0.25, 0.3) is 0 Å². The number of benzene rings is 2. The zero-order valence-electron chi connectivity index (χ0n) is 11.9. The monoisotopic (exact) mass is 270 g/mol. The molecular weight excluding hydrogens is 248 g/mol. The van der Waals surface area contributed by atoms with Gasteiger partial charge in [-0.2, -0.15) is 0 Å². The third-order valence-electron chi connectivity index (χ3n) is 3.59. The van der Waals surface area contributed by atoms with E-state index in [1.807, 2.05) is 37.3 Å². The highest BCUT2D eigenvalue weighted by molar-refractivity contribution is 5.36. The predicted octanol–water partition coefficient (Wildman–Crippen LogP) is 4.08. The summed E-state index contributed by atoms with van der Waals surface area (Å²) in [6.45, 7) is 1.83. The van der Waals surface area contributed by atoms with Crippen molar-refractivity contribution >= 4 is 0 Å². The van der Waals surface area contributed by atoms with Crippen LogP contribution in [-0.2, 0) is 0 Å². The van der Waals surface area contributed by atoms with E-state index in [2.05, 4.69) is 18.2 Å². The van der Waals surface area contributed by atoms with Crippen LogP contribution in [0.5, 0.6) is 5.75 Å². The van der Waals surface area contributed by atoms with Gasteiger partial charge < -0.3 is 10.2 Å². The maximum atomic E-state index is 9.68. The molecule has 0 radical (unpaired) electrons. The van der Waals surface area contributed by atoms with Gasteiger partial charge in [-0.25, -0.2) is 0 Å². The van der Waals surface area contributed by atoms with Crippen LogP contribution in [0.4, 0.5) is 0 Å². The van der Waals surface area contributed by atoms with Crippen molar-refractivity contribution in [3.8, 4) is 5.75 Å². The zero-order valence-corrected chi connectivity index (χ0v) is 11.9. The van der Waals surface area contributed by atoms with Gasteiger partial charge >= 0.3 is 0 Å². The fourth-order valence-electron chi connectivity index (χ4n) is 2.57. The zero-order chi connectivity index (χ0) is 14.4. The Labute approximate surface area is 120 Å². The normalized spacial score (nSPS) is 13.9. The second kappa shape index (κ2) is 7.11. The molecule has 0 aliphatic carbocycles. The Balaban J connectivity index is 2.20. The summed E-state index contributed by atoms with van der Waals surface area (Å²) in [5.41, 5.74) is 2.38. The van der Waals surface area contributed by atoms with Gasteiger partial charge in [0, 0.05) is 5.92 Å². The lowest BCUT2D eigenvalue weighted by atomic mass is 9.86. The lowest BCUT2D eigenvalue weighted by Gasteiger charge is -2.18. The molecule has 0 bridgehead atoms. The van der Waals surface area contributed by atoms with E-state index in [0.29, 0.717) is 5.75 Å². The Morgan fingerprint density at radius 1 is 0.900 bits per heavy atom. The Morgan fingerprint density at radius 2 is 1.60 bits per heavy atom. The van der Waals surface area contributed by atoms with Gasteiger partial charge in [0.15, 0.2) is 0 Å². The average molecular weight is 270 g/mol. The Hall–Kier alpha value is -1.80. The van der Waals surface area contributed by atoms with Gasteiger partial charge in [-0.15, -0.1) is 0 Å². The van der Waals surface area contributed by atoms with Crippen LogP contribution in [-0.4, -0.2) is 16.3 Å². The van der Waals surface area contributed by atoms with Crippen molar-refractivity contribution in [3.63, 3.8) is 0 Å². The summed E-state index contributed by atoms with van der Waals surface area (Å²) < 4.78 is 0. The molecule has 0 aromatic heterocycles. The van der Waals surface area contributed by atoms with Crippen molar-refractivity contribution in [1.29, 1.82) is 0 Å². The third-order valence-corrected chi connectivity index (χ3v) is 3.59. The van der Waals surface area contributed by atoms with Crippen LogP contribution >= 0.6 is 0 Å². The first-order valence-corrected chi connectivity index (χ1v) is 7.19. The number of aliphatic hydroxyl groups excluding tert-OH is 1. The van der Waals surface area contributed by atoms with E-state index in [4.69, 9.17) is 0 Å². The molecule has 0 spiro atoms. The molecule has 0 aliphatic heterocycles.